The summed E-state index contributed by atoms with van der Waals surface area (Å²) in [4.78, 5) is 8.41. The number of rotatable bonds is 1. The van der Waals surface area contributed by atoms with E-state index in [0.29, 0.717) is 11.6 Å². The predicted octanol–water partition coefficient (Wildman–Crippen LogP) is 0.497. The smallest absolute Gasteiger partial charge is 0.199 e. The molecule has 0 saturated carbocycles. The van der Waals surface area contributed by atoms with E-state index in [4.69, 9.17) is 5.73 Å². The highest BCUT2D eigenvalue weighted by atomic mass is 15.3. The molecule has 0 aliphatic rings. The summed E-state index contributed by atoms with van der Waals surface area (Å²) in [5.74, 6) is 1.07. The molecule has 0 aromatic carbocycles. The first kappa shape index (κ1) is 7.98. The van der Waals surface area contributed by atoms with Crippen LogP contribution in [0.25, 0.3) is 11.5 Å². The normalized spacial score (nSPS) is 10.9. The van der Waals surface area contributed by atoms with Crippen molar-refractivity contribution in [1.82, 2.24) is 24.1 Å². The zero-order valence-electron chi connectivity index (χ0n) is 7.78. The minimum Gasteiger partial charge on any atom is -0.382 e. The number of hydrogen-bond acceptors (Lipinski definition) is 4. The molecule has 0 saturated heterocycles. The molecule has 0 amide bonds. The number of fused-ring (bicyclic) bond motifs is 1. The third kappa shape index (κ3) is 1.15. The predicted molar refractivity (Wildman–Crippen MR) is 54.5 cm³/mol. The molecule has 3 aromatic rings. The molecule has 0 atom stereocenters. The highest BCUT2D eigenvalue weighted by Gasteiger charge is 2.07. The Morgan fingerprint density at radius 3 is 2.93 bits per heavy atom. The summed E-state index contributed by atoms with van der Waals surface area (Å²) in [5, 5.41) is 4.10. The van der Waals surface area contributed by atoms with E-state index < -0.39 is 0 Å². The number of hydrogen-bond donors (Lipinski definition) is 1. The van der Waals surface area contributed by atoms with Crippen molar-refractivity contribution in [2.24, 2.45) is 0 Å². The zero-order chi connectivity index (χ0) is 10.3. The van der Waals surface area contributed by atoms with Crippen LogP contribution in [0, 0.1) is 0 Å². The molecule has 0 bridgehead atoms. The maximum atomic E-state index is 5.69. The molecule has 0 aliphatic carbocycles. The van der Waals surface area contributed by atoms with Gasteiger partial charge in [-0.05, 0) is 6.07 Å². The molecule has 74 valence electrons. The molecule has 0 aliphatic heterocycles. The summed E-state index contributed by atoms with van der Waals surface area (Å²) >= 11 is 0. The second-order valence-electron chi connectivity index (χ2n) is 3.10. The van der Waals surface area contributed by atoms with Crippen molar-refractivity contribution in [3.8, 4) is 5.82 Å². The standard InChI is InChI=1S/C9H8N6/c10-7-6-14-5-3-11-8(14)9(13-7)15-4-1-2-12-15/h1-6H,10H2. The van der Waals surface area contributed by atoms with E-state index in [1.54, 1.807) is 29.5 Å². The SMILES string of the molecule is Nc1cn2ccnc2c(-n2cccn2)n1. The summed E-state index contributed by atoms with van der Waals surface area (Å²) in [7, 11) is 0. The Balaban J connectivity index is 2.38. The zero-order valence-corrected chi connectivity index (χ0v) is 7.78. The van der Waals surface area contributed by atoms with Gasteiger partial charge in [0.05, 0.1) is 6.20 Å². The Kier molecular flexibility index (Phi) is 1.49. The topological polar surface area (TPSA) is 74.0 Å². The molecule has 6 nitrogen and oxygen atoms in total. The van der Waals surface area contributed by atoms with Crippen molar-refractivity contribution in [1.29, 1.82) is 0 Å². The van der Waals surface area contributed by atoms with E-state index >= 15 is 0 Å². The first-order chi connectivity index (χ1) is 7.34. The maximum absolute atomic E-state index is 5.69. The van der Waals surface area contributed by atoms with E-state index in [2.05, 4.69) is 15.1 Å². The lowest BCUT2D eigenvalue weighted by molar-refractivity contribution is 0.844. The Labute approximate surface area is 85.0 Å². The van der Waals surface area contributed by atoms with Gasteiger partial charge in [-0.2, -0.15) is 5.10 Å². The van der Waals surface area contributed by atoms with Crippen LogP contribution in [0.15, 0.2) is 37.1 Å². The van der Waals surface area contributed by atoms with Crippen LogP contribution in [0.2, 0.25) is 0 Å². The van der Waals surface area contributed by atoms with E-state index in [1.165, 1.54) is 0 Å². The quantitative estimate of drug-likeness (QED) is 0.620. The molecule has 0 unspecified atom stereocenters. The van der Waals surface area contributed by atoms with Gasteiger partial charge in [-0.15, -0.1) is 0 Å². The molecule has 6 heteroatoms. The maximum Gasteiger partial charge on any atom is 0.199 e. The van der Waals surface area contributed by atoms with Gasteiger partial charge in [0.25, 0.3) is 0 Å². The monoisotopic (exact) mass is 200 g/mol. The largest absolute Gasteiger partial charge is 0.382 e. The first-order valence-electron chi connectivity index (χ1n) is 4.44. The third-order valence-electron chi connectivity index (χ3n) is 2.10. The molecule has 15 heavy (non-hydrogen) atoms. The van der Waals surface area contributed by atoms with Gasteiger partial charge in [-0.1, -0.05) is 0 Å². The van der Waals surface area contributed by atoms with Crippen molar-refractivity contribution >= 4 is 11.5 Å². The first-order valence-corrected chi connectivity index (χ1v) is 4.44. The molecule has 0 spiro atoms. The van der Waals surface area contributed by atoms with E-state index in [1.807, 2.05) is 16.7 Å². The minimum absolute atomic E-state index is 0.436. The van der Waals surface area contributed by atoms with Crippen LogP contribution in [0.1, 0.15) is 0 Å². The minimum atomic E-state index is 0.436. The Morgan fingerprint density at radius 1 is 1.20 bits per heavy atom. The van der Waals surface area contributed by atoms with Crippen molar-refractivity contribution < 1.29 is 0 Å². The fourth-order valence-electron chi connectivity index (χ4n) is 1.48. The van der Waals surface area contributed by atoms with Gasteiger partial charge >= 0.3 is 0 Å². The molecule has 3 heterocycles. The van der Waals surface area contributed by atoms with Gasteiger partial charge in [0.1, 0.15) is 5.82 Å². The van der Waals surface area contributed by atoms with Crippen LogP contribution in [0.3, 0.4) is 0 Å². The molecule has 2 N–H and O–H groups in total. The van der Waals surface area contributed by atoms with Crippen molar-refractivity contribution in [3.05, 3.63) is 37.1 Å². The van der Waals surface area contributed by atoms with Gasteiger partial charge in [0, 0.05) is 24.8 Å². The van der Waals surface area contributed by atoms with Crippen LogP contribution in [-0.2, 0) is 0 Å². The third-order valence-corrected chi connectivity index (χ3v) is 2.10. The number of anilines is 1. The number of aromatic nitrogens is 5. The van der Waals surface area contributed by atoms with Gasteiger partial charge in [0.2, 0.25) is 0 Å². The molecule has 3 rings (SSSR count). The van der Waals surface area contributed by atoms with Crippen LogP contribution < -0.4 is 5.73 Å². The van der Waals surface area contributed by atoms with Gasteiger partial charge in [0.15, 0.2) is 11.5 Å². The lowest BCUT2D eigenvalue weighted by Crippen LogP contribution is -2.05. The summed E-state index contributed by atoms with van der Waals surface area (Å²) in [6, 6.07) is 1.82. The van der Waals surface area contributed by atoms with Gasteiger partial charge < -0.3 is 10.1 Å². The molecule has 0 radical (unpaired) electrons. The van der Waals surface area contributed by atoms with E-state index in [0.717, 1.165) is 5.65 Å². The van der Waals surface area contributed by atoms with Crippen molar-refractivity contribution in [2.75, 3.05) is 5.73 Å². The summed E-state index contributed by atoms with van der Waals surface area (Å²) < 4.78 is 3.46. The second-order valence-corrected chi connectivity index (χ2v) is 3.10. The Bertz CT molecular complexity index is 594. The van der Waals surface area contributed by atoms with Crippen LogP contribution in [-0.4, -0.2) is 24.1 Å². The van der Waals surface area contributed by atoms with Crippen molar-refractivity contribution in [3.63, 3.8) is 0 Å². The van der Waals surface area contributed by atoms with Crippen LogP contribution in [0.4, 0.5) is 5.82 Å². The molecule has 3 aromatic heterocycles. The molecular weight excluding hydrogens is 192 g/mol. The number of nitrogens with zero attached hydrogens (tertiary/aromatic N) is 5. The average Bonchev–Trinajstić information content (AvgIpc) is 2.86. The summed E-state index contributed by atoms with van der Waals surface area (Å²) in [6.45, 7) is 0. The summed E-state index contributed by atoms with van der Waals surface area (Å²) in [6.07, 6.45) is 8.72. The van der Waals surface area contributed by atoms with Crippen molar-refractivity contribution in [2.45, 2.75) is 0 Å². The highest BCUT2D eigenvalue weighted by Crippen LogP contribution is 2.12. The number of nitrogen functional groups attached to an aromatic ring is 1. The van der Waals surface area contributed by atoms with Gasteiger partial charge in [-0.3, -0.25) is 0 Å². The fraction of sp³-hybridized carbons (Fsp3) is 0. The second kappa shape index (κ2) is 2.81. The van der Waals surface area contributed by atoms with E-state index in [-0.39, 0.29) is 0 Å². The number of imidazole rings is 1. The lowest BCUT2D eigenvalue weighted by atomic mass is 10.5. The molecule has 0 fully saturated rings. The van der Waals surface area contributed by atoms with E-state index in [9.17, 15) is 0 Å². The Hall–Kier alpha value is -2.37. The van der Waals surface area contributed by atoms with Crippen LogP contribution >= 0.6 is 0 Å². The number of nitrogens with two attached hydrogens (primary N) is 1. The summed E-state index contributed by atoms with van der Waals surface area (Å²) in [5.41, 5.74) is 6.42. The lowest BCUT2D eigenvalue weighted by Gasteiger charge is -2.03. The Morgan fingerprint density at radius 2 is 2.13 bits per heavy atom. The van der Waals surface area contributed by atoms with Gasteiger partial charge in [-0.25, -0.2) is 14.6 Å². The average molecular weight is 200 g/mol. The highest BCUT2D eigenvalue weighted by molar-refractivity contribution is 5.56. The molecular formula is C9H8N6. The van der Waals surface area contributed by atoms with Crippen LogP contribution in [0.5, 0.6) is 0 Å². The fourth-order valence-corrected chi connectivity index (χ4v) is 1.48.